The van der Waals surface area contributed by atoms with E-state index in [1.807, 2.05) is 7.05 Å². The summed E-state index contributed by atoms with van der Waals surface area (Å²) in [5.41, 5.74) is -0.339. The number of hydrogen-bond acceptors (Lipinski definition) is 3. The summed E-state index contributed by atoms with van der Waals surface area (Å²) in [5.74, 6) is -0.225. The molecule has 2 atom stereocenters. The fraction of sp³-hybridized carbons (Fsp3) is 0.538. The second-order valence-corrected chi connectivity index (χ2v) is 4.85. The summed E-state index contributed by atoms with van der Waals surface area (Å²) in [4.78, 5) is 2.07. The zero-order valence-electron chi connectivity index (χ0n) is 10.4. The van der Waals surface area contributed by atoms with Crippen molar-refractivity contribution in [3.63, 3.8) is 0 Å². The van der Waals surface area contributed by atoms with E-state index >= 15 is 0 Å². The number of likely N-dealkylation sites (N-methyl/N-ethyl adjacent to an activating group) is 1. The number of likely N-dealkylation sites (tertiary alicyclic amines) is 1. The second kappa shape index (κ2) is 4.27. The number of β-amino-alcohol motifs (C(OH)–C–C–N with tert-alkyl or cyclic N) is 1. The maximum Gasteiger partial charge on any atom is 0.165 e. The SMILES string of the molecule is COc1ccc(C2(O)CC(C)N(C)C2)cc1F. The summed E-state index contributed by atoms with van der Waals surface area (Å²) in [5, 5.41) is 10.5. The summed E-state index contributed by atoms with van der Waals surface area (Å²) in [6, 6.07) is 4.95. The second-order valence-electron chi connectivity index (χ2n) is 4.85. The van der Waals surface area contributed by atoms with Crippen molar-refractivity contribution in [2.45, 2.75) is 25.0 Å². The van der Waals surface area contributed by atoms with E-state index in [9.17, 15) is 9.50 Å². The molecule has 0 amide bonds. The van der Waals surface area contributed by atoms with Gasteiger partial charge in [-0.1, -0.05) is 6.07 Å². The lowest BCUT2D eigenvalue weighted by atomic mass is 9.91. The molecular weight excluding hydrogens is 221 g/mol. The Morgan fingerprint density at radius 1 is 1.53 bits per heavy atom. The van der Waals surface area contributed by atoms with Crippen LogP contribution < -0.4 is 4.74 Å². The van der Waals surface area contributed by atoms with E-state index < -0.39 is 11.4 Å². The van der Waals surface area contributed by atoms with Crippen molar-refractivity contribution < 1.29 is 14.2 Å². The fourth-order valence-electron chi connectivity index (χ4n) is 2.44. The molecule has 1 aliphatic heterocycles. The van der Waals surface area contributed by atoms with E-state index in [1.54, 1.807) is 12.1 Å². The van der Waals surface area contributed by atoms with E-state index in [1.165, 1.54) is 13.2 Å². The first-order valence-corrected chi connectivity index (χ1v) is 5.73. The van der Waals surface area contributed by atoms with Crippen molar-refractivity contribution >= 4 is 0 Å². The molecule has 1 heterocycles. The Bertz CT molecular complexity index is 412. The van der Waals surface area contributed by atoms with E-state index in [2.05, 4.69) is 11.8 Å². The van der Waals surface area contributed by atoms with Crippen molar-refractivity contribution in [3.8, 4) is 5.75 Å². The van der Waals surface area contributed by atoms with Gasteiger partial charge in [-0.25, -0.2) is 4.39 Å². The van der Waals surface area contributed by atoms with Crippen LogP contribution in [-0.2, 0) is 5.60 Å². The highest BCUT2D eigenvalue weighted by Crippen LogP contribution is 2.36. The van der Waals surface area contributed by atoms with Crippen LogP contribution in [-0.4, -0.2) is 36.8 Å². The Morgan fingerprint density at radius 3 is 2.71 bits per heavy atom. The molecular formula is C13H18FNO2. The molecule has 0 spiro atoms. The first-order chi connectivity index (χ1) is 7.96. The number of hydrogen-bond donors (Lipinski definition) is 1. The van der Waals surface area contributed by atoms with Gasteiger partial charge in [0.05, 0.1) is 7.11 Å². The normalized spacial score (nSPS) is 29.6. The van der Waals surface area contributed by atoms with Crippen molar-refractivity contribution in [1.29, 1.82) is 0 Å². The topological polar surface area (TPSA) is 32.7 Å². The molecule has 1 aromatic rings. The smallest absolute Gasteiger partial charge is 0.165 e. The standard InChI is InChI=1S/C13H18FNO2/c1-9-7-13(16,8-15(9)2)10-4-5-12(17-3)11(14)6-10/h4-6,9,16H,7-8H2,1-3H3. The molecule has 1 aromatic carbocycles. The summed E-state index contributed by atoms with van der Waals surface area (Å²) in [6.45, 7) is 2.58. The van der Waals surface area contributed by atoms with Gasteiger partial charge in [-0.15, -0.1) is 0 Å². The molecule has 1 fully saturated rings. The Labute approximate surface area is 101 Å². The van der Waals surface area contributed by atoms with Gasteiger partial charge in [-0.2, -0.15) is 0 Å². The van der Waals surface area contributed by atoms with Crippen LogP contribution in [0.1, 0.15) is 18.9 Å². The van der Waals surface area contributed by atoms with Crippen molar-refractivity contribution in [3.05, 3.63) is 29.6 Å². The molecule has 94 valence electrons. The van der Waals surface area contributed by atoms with Crippen LogP contribution in [0.4, 0.5) is 4.39 Å². The predicted molar refractivity (Wildman–Crippen MR) is 63.6 cm³/mol. The summed E-state index contributed by atoms with van der Waals surface area (Å²) in [7, 11) is 3.39. The van der Waals surface area contributed by atoms with E-state index in [0.29, 0.717) is 24.6 Å². The highest BCUT2D eigenvalue weighted by molar-refractivity contribution is 5.33. The van der Waals surface area contributed by atoms with Crippen molar-refractivity contribution in [2.75, 3.05) is 20.7 Å². The maximum absolute atomic E-state index is 13.6. The number of rotatable bonds is 2. The van der Waals surface area contributed by atoms with Crippen LogP contribution >= 0.6 is 0 Å². The van der Waals surface area contributed by atoms with Gasteiger partial charge >= 0.3 is 0 Å². The number of nitrogens with zero attached hydrogens (tertiary/aromatic N) is 1. The molecule has 0 saturated carbocycles. The summed E-state index contributed by atoms with van der Waals surface area (Å²) >= 11 is 0. The third-order valence-electron chi connectivity index (χ3n) is 3.59. The minimum absolute atomic E-state index is 0.205. The number of benzene rings is 1. The third-order valence-corrected chi connectivity index (χ3v) is 3.59. The number of ether oxygens (including phenoxy) is 1. The molecule has 0 aromatic heterocycles. The van der Waals surface area contributed by atoms with Crippen LogP contribution in [0.15, 0.2) is 18.2 Å². The van der Waals surface area contributed by atoms with Gasteiger partial charge in [0.25, 0.3) is 0 Å². The van der Waals surface area contributed by atoms with Gasteiger partial charge in [0.1, 0.15) is 5.60 Å². The van der Waals surface area contributed by atoms with Crippen LogP contribution in [0.25, 0.3) is 0 Å². The van der Waals surface area contributed by atoms with Gasteiger partial charge < -0.3 is 14.7 Å². The van der Waals surface area contributed by atoms with Crippen LogP contribution in [0.2, 0.25) is 0 Å². The molecule has 1 aliphatic rings. The average Bonchev–Trinajstić information content (AvgIpc) is 2.54. The van der Waals surface area contributed by atoms with Crippen molar-refractivity contribution in [1.82, 2.24) is 4.90 Å². The monoisotopic (exact) mass is 239 g/mol. The first kappa shape index (κ1) is 12.3. The largest absolute Gasteiger partial charge is 0.494 e. The summed E-state index contributed by atoms with van der Waals surface area (Å²) < 4.78 is 18.5. The van der Waals surface area contributed by atoms with Gasteiger partial charge in [-0.05, 0) is 38.1 Å². The predicted octanol–water partition coefficient (Wildman–Crippen LogP) is 1.75. The number of methoxy groups -OCH3 is 1. The zero-order valence-corrected chi connectivity index (χ0v) is 10.4. The van der Waals surface area contributed by atoms with Crippen LogP contribution in [0.3, 0.4) is 0 Å². The average molecular weight is 239 g/mol. The van der Waals surface area contributed by atoms with Gasteiger partial charge in [-0.3, -0.25) is 0 Å². The first-order valence-electron chi connectivity index (χ1n) is 5.73. The van der Waals surface area contributed by atoms with E-state index in [4.69, 9.17) is 4.74 Å². The van der Waals surface area contributed by atoms with Gasteiger partial charge in [0.2, 0.25) is 0 Å². The molecule has 3 nitrogen and oxygen atoms in total. The molecule has 0 bridgehead atoms. The molecule has 0 aliphatic carbocycles. The highest BCUT2D eigenvalue weighted by Gasteiger charge is 2.40. The van der Waals surface area contributed by atoms with E-state index in [0.717, 1.165) is 0 Å². The Balaban J connectivity index is 2.32. The summed E-state index contributed by atoms with van der Waals surface area (Å²) in [6.07, 6.45) is 0.620. The van der Waals surface area contributed by atoms with Crippen LogP contribution in [0.5, 0.6) is 5.75 Å². The van der Waals surface area contributed by atoms with Gasteiger partial charge in [0.15, 0.2) is 11.6 Å². The van der Waals surface area contributed by atoms with Gasteiger partial charge in [0, 0.05) is 12.6 Å². The lowest BCUT2D eigenvalue weighted by molar-refractivity contribution is 0.0482. The zero-order chi connectivity index (χ0) is 12.6. The molecule has 2 unspecified atom stereocenters. The van der Waals surface area contributed by atoms with E-state index in [-0.39, 0.29) is 5.75 Å². The lowest BCUT2D eigenvalue weighted by Gasteiger charge is -2.23. The molecule has 0 radical (unpaired) electrons. The Kier molecular flexibility index (Phi) is 3.10. The Morgan fingerprint density at radius 2 is 2.24 bits per heavy atom. The maximum atomic E-state index is 13.6. The molecule has 4 heteroatoms. The minimum atomic E-state index is -0.957. The lowest BCUT2D eigenvalue weighted by Crippen LogP contribution is -2.29. The third kappa shape index (κ3) is 2.15. The highest BCUT2D eigenvalue weighted by atomic mass is 19.1. The molecule has 1 N–H and O–H groups in total. The number of halogens is 1. The van der Waals surface area contributed by atoms with Crippen molar-refractivity contribution in [2.24, 2.45) is 0 Å². The fourth-order valence-corrected chi connectivity index (χ4v) is 2.44. The van der Waals surface area contributed by atoms with Crippen LogP contribution in [0, 0.1) is 5.82 Å². The molecule has 17 heavy (non-hydrogen) atoms. The molecule has 1 saturated heterocycles. The quantitative estimate of drug-likeness (QED) is 0.853. The Hall–Kier alpha value is -1.13. The minimum Gasteiger partial charge on any atom is -0.494 e. The molecule has 2 rings (SSSR count). The number of aliphatic hydroxyl groups is 1.